The van der Waals surface area contributed by atoms with Crippen molar-refractivity contribution in [3.63, 3.8) is 0 Å². The minimum Gasteiger partial charge on any atom is -0.382 e. The van der Waals surface area contributed by atoms with Gasteiger partial charge in [-0.05, 0) is 101 Å². The number of hydrogen-bond donors (Lipinski definition) is 4. The van der Waals surface area contributed by atoms with Gasteiger partial charge < -0.3 is 25.0 Å². The van der Waals surface area contributed by atoms with Crippen molar-refractivity contribution < 1.29 is 60.8 Å². The van der Waals surface area contributed by atoms with Crippen LogP contribution in [0.5, 0.6) is 0 Å². The molecule has 0 saturated carbocycles. The molecule has 0 saturated heterocycles. The van der Waals surface area contributed by atoms with Gasteiger partial charge in [-0.1, -0.05) is 31.4 Å². The predicted molar refractivity (Wildman–Crippen MR) is 259 cm³/mol. The van der Waals surface area contributed by atoms with Crippen molar-refractivity contribution in [3.05, 3.63) is 83.6 Å². The van der Waals surface area contributed by atoms with Crippen molar-refractivity contribution in [3.8, 4) is 0 Å². The Bertz CT molecular complexity index is 2330. The lowest BCUT2D eigenvalue weighted by Crippen LogP contribution is -2.31. The van der Waals surface area contributed by atoms with Crippen LogP contribution < -0.4 is 15.5 Å². The van der Waals surface area contributed by atoms with Crippen LogP contribution in [0.2, 0.25) is 0 Å². The number of rotatable bonds is 30. The molecule has 4 amide bonds. The zero-order valence-electron chi connectivity index (χ0n) is 39.9. The molecule has 372 valence electrons. The van der Waals surface area contributed by atoms with Crippen LogP contribution in [-0.4, -0.2) is 117 Å². The van der Waals surface area contributed by atoms with E-state index in [9.17, 15) is 32.1 Å². The Morgan fingerprint density at radius 3 is 2.12 bits per heavy atom. The lowest BCUT2D eigenvalue weighted by atomic mass is 9.81. The van der Waals surface area contributed by atoms with Gasteiger partial charge in [0.2, 0.25) is 17.5 Å². The Balaban J connectivity index is 1.25. The fraction of sp³-hybridized carbons (Fsp3) is 0.531. The zero-order chi connectivity index (χ0) is 49.3. The molecule has 68 heavy (non-hydrogen) atoms. The van der Waals surface area contributed by atoms with Gasteiger partial charge in [-0.25, -0.2) is 5.26 Å². The second kappa shape index (κ2) is 25.8. The molecule has 4 N–H and O–H groups in total. The lowest BCUT2D eigenvalue weighted by Gasteiger charge is -2.27. The highest BCUT2D eigenvalue weighted by molar-refractivity contribution is 7.94. The summed E-state index contributed by atoms with van der Waals surface area (Å²) in [7, 11) is -2.84. The molecule has 0 atom stereocenters. The molecule has 0 aromatic heterocycles. The van der Waals surface area contributed by atoms with Crippen molar-refractivity contribution >= 4 is 62.9 Å². The van der Waals surface area contributed by atoms with E-state index in [1.807, 2.05) is 38.1 Å². The molecule has 2 aromatic rings. The Morgan fingerprint density at radius 1 is 0.779 bits per heavy atom. The molecule has 3 aliphatic rings. The number of methoxy groups -OCH3 is 1. The predicted octanol–water partition coefficient (Wildman–Crippen LogP) is 7.09. The number of imide groups is 1. The molecule has 0 aliphatic carbocycles. The maximum Gasteiger partial charge on any atom is 0.294 e. The largest absolute Gasteiger partial charge is 0.382 e. The molecule has 19 heteroatoms. The van der Waals surface area contributed by atoms with E-state index in [1.165, 1.54) is 23.1 Å². The number of carbonyl (C=O) groups is 4. The fourth-order valence-electron chi connectivity index (χ4n) is 8.89. The fourth-order valence-corrected chi connectivity index (χ4v) is 9.79. The summed E-state index contributed by atoms with van der Waals surface area (Å²) >= 11 is 0.901. The molecule has 0 bridgehead atoms. The Labute approximate surface area is 404 Å². The highest BCUT2D eigenvalue weighted by atomic mass is 32.2. The van der Waals surface area contributed by atoms with Crippen LogP contribution in [0.1, 0.15) is 109 Å². The smallest absolute Gasteiger partial charge is 0.294 e. The number of allylic oxidation sites excluding steroid dienone is 4. The van der Waals surface area contributed by atoms with Gasteiger partial charge in [-0.3, -0.25) is 28.6 Å². The second-order valence-corrected chi connectivity index (χ2v) is 20.3. The number of nitrogens with one attached hydrogen (secondary N) is 2. The summed E-state index contributed by atoms with van der Waals surface area (Å²) in [5.41, 5.74) is 4.63. The molecule has 0 unspecified atom stereocenters. The molecule has 3 aliphatic heterocycles. The van der Waals surface area contributed by atoms with E-state index in [0.717, 1.165) is 95.8 Å². The summed E-state index contributed by atoms with van der Waals surface area (Å²) < 4.78 is 52.0. The van der Waals surface area contributed by atoms with Crippen molar-refractivity contribution in [2.75, 3.05) is 64.6 Å². The summed E-state index contributed by atoms with van der Waals surface area (Å²) in [5, 5.41) is 18.6. The van der Waals surface area contributed by atoms with Crippen LogP contribution in [-0.2, 0) is 59.0 Å². The average Bonchev–Trinajstić information content (AvgIpc) is 3.81. The van der Waals surface area contributed by atoms with Gasteiger partial charge in [0.15, 0.2) is 5.71 Å². The number of benzene rings is 2. The lowest BCUT2D eigenvalue weighted by molar-refractivity contribution is -0.438. The number of anilines is 1. The molecule has 3 heterocycles. The van der Waals surface area contributed by atoms with E-state index < -0.39 is 20.9 Å². The molecule has 0 fully saturated rings. The van der Waals surface area contributed by atoms with E-state index in [2.05, 4.69) is 51.1 Å². The van der Waals surface area contributed by atoms with Crippen LogP contribution in [0.4, 0.5) is 11.4 Å². The average molecular weight is 983 g/mol. The number of nitrogens with zero attached hydrogens (tertiary/aromatic N) is 3. The summed E-state index contributed by atoms with van der Waals surface area (Å²) in [4.78, 5) is 52.6. The van der Waals surface area contributed by atoms with Crippen molar-refractivity contribution in [2.45, 2.75) is 119 Å². The number of ether oxygens (including phenoxy) is 2. The van der Waals surface area contributed by atoms with Crippen molar-refractivity contribution in [2.24, 2.45) is 0 Å². The normalized spacial score (nSPS) is 16.7. The standard InChI is InChI=1S/C49H67N5O12S2/c1-48(2)38-34-36(67-66-65-59)20-22-40(38)52(28-12-7-10-19-45(56)51-27-31-64-33-32-63-5)42(48)16-15-17-43-49(3,4)39-35-37(68(60,61)62)21-23-41(39)53(43)29-13-6-9-18-44(55)50-26-11-8-14-30-54-46(57)24-25-47(54)58/h15-17,20-25,34-35H,6-14,18-19,26-33H2,1-5H3,(H3-,50,51,55,56,59,60,61,62)/p+1. The first-order valence-corrected chi connectivity index (χ1v) is 25.5. The SMILES string of the molecule is COCCOCCNC(=O)CCCCC[N+]1=C(C=CC=C2N(CCCCCC(=O)NCCCCCN3C(=O)C=CC3=O)c3ccc(S(=O)(=O)O)cc3C2(C)C)C(C)(C)c2cc(SOOO)ccc21. The highest BCUT2D eigenvalue weighted by Gasteiger charge is 2.45. The maximum atomic E-state index is 12.6. The molecule has 0 radical (unpaired) electrons. The summed E-state index contributed by atoms with van der Waals surface area (Å²) in [6.45, 7) is 12.5. The molecular weight excluding hydrogens is 915 g/mol. The van der Waals surface area contributed by atoms with Gasteiger partial charge in [0, 0.05) is 104 Å². The third kappa shape index (κ3) is 14.6. The third-order valence-corrected chi connectivity index (χ3v) is 14.0. The van der Waals surface area contributed by atoms with E-state index in [0.29, 0.717) is 78.2 Å². The van der Waals surface area contributed by atoms with E-state index >= 15 is 0 Å². The molecular formula is C49H68N5O12S2+. The first-order valence-electron chi connectivity index (χ1n) is 23.4. The van der Waals surface area contributed by atoms with Gasteiger partial charge in [0.05, 0.1) is 42.2 Å². The van der Waals surface area contributed by atoms with Crippen LogP contribution in [0.3, 0.4) is 0 Å². The highest BCUT2D eigenvalue weighted by Crippen LogP contribution is 2.49. The van der Waals surface area contributed by atoms with Gasteiger partial charge in [0.1, 0.15) is 6.54 Å². The number of fused-ring (bicyclic) bond motifs is 2. The van der Waals surface area contributed by atoms with E-state index in [-0.39, 0.29) is 28.5 Å². The summed E-state index contributed by atoms with van der Waals surface area (Å²) in [6.07, 6.45) is 16.4. The van der Waals surface area contributed by atoms with E-state index in [4.69, 9.17) is 19.1 Å². The number of unbranched alkanes of at least 4 members (excludes halogenated alkanes) is 6. The van der Waals surface area contributed by atoms with Crippen LogP contribution >= 0.6 is 12.0 Å². The van der Waals surface area contributed by atoms with Gasteiger partial charge in [-0.2, -0.15) is 13.0 Å². The topological polar surface area (TPSA) is 213 Å². The van der Waals surface area contributed by atoms with Crippen molar-refractivity contribution in [1.82, 2.24) is 15.5 Å². The Hall–Kier alpha value is -4.73. The van der Waals surface area contributed by atoms with Gasteiger partial charge in [0.25, 0.3) is 21.9 Å². The van der Waals surface area contributed by atoms with Gasteiger partial charge >= 0.3 is 0 Å². The Morgan fingerprint density at radius 2 is 1.44 bits per heavy atom. The monoisotopic (exact) mass is 982 g/mol. The summed E-state index contributed by atoms with van der Waals surface area (Å²) in [5.74, 6) is -0.605. The summed E-state index contributed by atoms with van der Waals surface area (Å²) in [6, 6.07) is 10.7. The van der Waals surface area contributed by atoms with Crippen LogP contribution in [0.15, 0.2) is 82.3 Å². The van der Waals surface area contributed by atoms with Crippen molar-refractivity contribution in [1.29, 1.82) is 0 Å². The first-order chi connectivity index (χ1) is 32.5. The molecule has 0 spiro atoms. The van der Waals surface area contributed by atoms with E-state index in [1.54, 1.807) is 19.2 Å². The molecule has 17 nitrogen and oxygen atoms in total. The van der Waals surface area contributed by atoms with Crippen LogP contribution in [0, 0.1) is 0 Å². The second-order valence-electron chi connectivity index (χ2n) is 18.1. The Kier molecular flexibility index (Phi) is 20.5. The minimum absolute atomic E-state index is 0.00847. The quantitative estimate of drug-likeness (QED) is 0.0117. The molecule has 5 rings (SSSR count). The van der Waals surface area contributed by atoms with Crippen LogP contribution in [0.25, 0.3) is 0 Å². The number of hydrogen-bond acceptors (Lipinski definition) is 13. The molecule has 2 aromatic carbocycles. The number of carbonyl (C=O) groups excluding carboxylic acids is 4. The maximum absolute atomic E-state index is 12.6. The third-order valence-electron chi connectivity index (χ3n) is 12.5. The number of amides is 4. The zero-order valence-corrected chi connectivity index (χ0v) is 41.6. The first kappa shape index (κ1) is 54.2. The van der Waals surface area contributed by atoms with Gasteiger partial charge in [-0.15, -0.1) is 4.33 Å². The minimum atomic E-state index is -4.45.